The van der Waals surface area contributed by atoms with E-state index >= 15 is 0 Å². The molecule has 1 unspecified atom stereocenters. The summed E-state index contributed by atoms with van der Waals surface area (Å²) in [4.78, 5) is 0. The zero-order valence-corrected chi connectivity index (χ0v) is 11.4. The number of rotatable bonds is 6. The van der Waals surface area contributed by atoms with E-state index in [1.165, 1.54) is 37.7 Å². The van der Waals surface area contributed by atoms with Crippen LogP contribution in [0.15, 0.2) is 12.2 Å². The molecule has 1 nitrogen and oxygen atoms in total. The maximum Gasteiger partial charge on any atom is 0.0133 e. The summed E-state index contributed by atoms with van der Waals surface area (Å²) < 4.78 is 0. The highest BCUT2D eigenvalue weighted by Gasteiger charge is 2.39. The van der Waals surface area contributed by atoms with Crippen LogP contribution in [0.1, 0.15) is 65.7 Å². The van der Waals surface area contributed by atoms with E-state index in [1.54, 1.807) is 0 Å². The molecule has 0 aromatic heterocycles. The molecule has 94 valence electrons. The van der Waals surface area contributed by atoms with Gasteiger partial charge in [-0.25, -0.2) is 0 Å². The third kappa shape index (κ3) is 3.35. The van der Waals surface area contributed by atoms with Gasteiger partial charge in [0.15, 0.2) is 0 Å². The molecule has 2 N–H and O–H groups in total. The Morgan fingerprint density at radius 3 is 2.31 bits per heavy atom. The predicted molar refractivity (Wildman–Crippen MR) is 72.4 cm³/mol. The van der Waals surface area contributed by atoms with Gasteiger partial charge in [-0.1, -0.05) is 45.8 Å². The van der Waals surface area contributed by atoms with Gasteiger partial charge in [0.1, 0.15) is 0 Å². The Bertz CT molecular complexity index is 224. The highest BCUT2D eigenvalue weighted by atomic mass is 14.7. The Balaban J connectivity index is 2.65. The normalized spacial score (nSPS) is 21.3. The van der Waals surface area contributed by atoms with Gasteiger partial charge in [0, 0.05) is 6.04 Å². The third-order valence-electron chi connectivity index (χ3n) is 4.21. The van der Waals surface area contributed by atoms with Crippen molar-refractivity contribution in [1.82, 2.24) is 0 Å². The van der Waals surface area contributed by atoms with E-state index in [1.807, 2.05) is 0 Å². The van der Waals surface area contributed by atoms with Crippen molar-refractivity contribution in [2.75, 3.05) is 0 Å². The predicted octanol–water partition coefficient (Wildman–Crippen LogP) is 4.28. The lowest BCUT2D eigenvalue weighted by atomic mass is 9.71. The van der Waals surface area contributed by atoms with Crippen molar-refractivity contribution in [3.8, 4) is 0 Å². The molecule has 1 heteroatoms. The zero-order chi connectivity index (χ0) is 12.2. The summed E-state index contributed by atoms with van der Waals surface area (Å²) >= 11 is 0. The van der Waals surface area contributed by atoms with Crippen LogP contribution in [0.5, 0.6) is 0 Å². The summed E-state index contributed by atoms with van der Waals surface area (Å²) in [5.74, 6) is 0.763. The summed E-state index contributed by atoms with van der Waals surface area (Å²) in [5.41, 5.74) is 8.22. The maximum absolute atomic E-state index is 6.48. The van der Waals surface area contributed by atoms with Crippen LogP contribution >= 0.6 is 0 Å². The molecule has 1 aliphatic rings. The van der Waals surface area contributed by atoms with Crippen LogP contribution in [-0.4, -0.2) is 6.04 Å². The summed E-state index contributed by atoms with van der Waals surface area (Å²) in [6.07, 6.45) is 8.82. The van der Waals surface area contributed by atoms with Crippen LogP contribution in [0.3, 0.4) is 0 Å². The van der Waals surface area contributed by atoms with Crippen LogP contribution in [0.4, 0.5) is 0 Å². The third-order valence-corrected chi connectivity index (χ3v) is 4.21. The first-order valence-corrected chi connectivity index (χ1v) is 6.92. The number of hydrogen-bond donors (Lipinski definition) is 1. The molecule has 0 aromatic rings. The molecular formula is C15H29N. The molecule has 1 saturated carbocycles. The molecule has 1 rings (SSSR count). The number of hydrogen-bond acceptors (Lipinski definition) is 1. The van der Waals surface area contributed by atoms with Crippen LogP contribution in [0.25, 0.3) is 0 Å². The molecule has 0 saturated heterocycles. The average molecular weight is 223 g/mol. The van der Waals surface area contributed by atoms with Crippen molar-refractivity contribution in [2.45, 2.75) is 71.8 Å². The summed E-state index contributed by atoms with van der Waals surface area (Å²) in [6, 6.07) is 0.338. The van der Waals surface area contributed by atoms with E-state index < -0.39 is 0 Å². The molecular weight excluding hydrogens is 194 g/mol. The molecule has 1 fully saturated rings. The lowest BCUT2D eigenvalue weighted by molar-refractivity contribution is 0.181. The van der Waals surface area contributed by atoms with E-state index in [0.717, 1.165) is 18.8 Å². The molecule has 0 aromatic carbocycles. The zero-order valence-electron chi connectivity index (χ0n) is 11.4. The maximum atomic E-state index is 6.48. The first-order valence-electron chi connectivity index (χ1n) is 6.92. The van der Waals surface area contributed by atoms with Gasteiger partial charge < -0.3 is 5.73 Å². The standard InChI is InChI=1S/C15H29N/c1-5-13(4)10-14(16)15(11-12(2)3)8-6-7-9-15/h12,14H,4-11,16H2,1-3H3. The fourth-order valence-corrected chi connectivity index (χ4v) is 3.29. The molecule has 0 bridgehead atoms. The second-order valence-electron chi connectivity index (χ2n) is 6.08. The number of nitrogens with two attached hydrogens (primary N) is 1. The van der Waals surface area contributed by atoms with Crippen LogP contribution in [0.2, 0.25) is 0 Å². The van der Waals surface area contributed by atoms with E-state index in [4.69, 9.17) is 5.73 Å². The van der Waals surface area contributed by atoms with Crippen molar-refractivity contribution < 1.29 is 0 Å². The molecule has 1 atom stereocenters. The van der Waals surface area contributed by atoms with Crippen LogP contribution in [0, 0.1) is 11.3 Å². The van der Waals surface area contributed by atoms with Gasteiger partial charge in [-0.05, 0) is 43.4 Å². The van der Waals surface area contributed by atoms with Crippen molar-refractivity contribution >= 4 is 0 Å². The van der Waals surface area contributed by atoms with E-state index in [-0.39, 0.29) is 0 Å². The second-order valence-corrected chi connectivity index (χ2v) is 6.08. The minimum absolute atomic E-state index is 0.338. The van der Waals surface area contributed by atoms with Gasteiger partial charge in [-0.15, -0.1) is 0 Å². The van der Waals surface area contributed by atoms with Gasteiger partial charge in [0.2, 0.25) is 0 Å². The molecule has 0 spiro atoms. The summed E-state index contributed by atoms with van der Waals surface area (Å²) in [5, 5.41) is 0. The quantitative estimate of drug-likeness (QED) is 0.668. The Morgan fingerprint density at radius 2 is 1.88 bits per heavy atom. The van der Waals surface area contributed by atoms with Crippen LogP contribution < -0.4 is 5.73 Å². The summed E-state index contributed by atoms with van der Waals surface area (Å²) in [6.45, 7) is 10.9. The minimum Gasteiger partial charge on any atom is -0.327 e. The van der Waals surface area contributed by atoms with Gasteiger partial charge in [0.25, 0.3) is 0 Å². The highest BCUT2D eigenvalue weighted by Crippen LogP contribution is 2.46. The highest BCUT2D eigenvalue weighted by molar-refractivity contribution is 5.03. The van der Waals surface area contributed by atoms with E-state index in [0.29, 0.717) is 11.5 Å². The Hall–Kier alpha value is -0.300. The Kier molecular flexibility index (Phi) is 5.04. The van der Waals surface area contributed by atoms with Crippen molar-refractivity contribution in [1.29, 1.82) is 0 Å². The lowest BCUT2D eigenvalue weighted by Gasteiger charge is -2.37. The van der Waals surface area contributed by atoms with Crippen LogP contribution in [-0.2, 0) is 0 Å². The smallest absolute Gasteiger partial charge is 0.0133 e. The first-order chi connectivity index (χ1) is 7.50. The van der Waals surface area contributed by atoms with Crippen molar-refractivity contribution in [3.05, 3.63) is 12.2 Å². The molecule has 0 heterocycles. The Morgan fingerprint density at radius 1 is 1.31 bits per heavy atom. The fraction of sp³-hybridized carbons (Fsp3) is 0.867. The largest absolute Gasteiger partial charge is 0.327 e. The fourth-order valence-electron chi connectivity index (χ4n) is 3.29. The van der Waals surface area contributed by atoms with E-state index in [9.17, 15) is 0 Å². The second kappa shape index (κ2) is 5.86. The SMILES string of the molecule is C=C(CC)CC(N)C1(CC(C)C)CCCC1. The molecule has 16 heavy (non-hydrogen) atoms. The molecule has 0 amide bonds. The lowest BCUT2D eigenvalue weighted by Crippen LogP contribution is -2.41. The topological polar surface area (TPSA) is 26.0 Å². The average Bonchev–Trinajstić information content (AvgIpc) is 2.66. The Labute approximate surface area is 101 Å². The molecule has 1 aliphatic carbocycles. The van der Waals surface area contributed by atoms with E-state index in [2.05, 4.69) is 27.4 Å². The summed E-state index contributed by atoms with van der Waals surface area (Å²) in [7, 11) is 0. The van der Waals surface area contributed by atoms with Gasteiger partial charge in [-0.3, -0.25) is 0 Å². The minimum atomic E-state index is 0.338. The van der Waals surface area contributed by atoms with Crippen molar-refractivity contribution in [2.24, 2.45) is 17.1 Å². The monoisotopic (exact) mass is 223 g/mol. The van der Waals surface area contributed by atoms with Gasteiger partial charge >= 0.3 is 0 Å². The molecule has 0 aliphatic heterocycles. The van der Waals surface area contributed by atoms with Gasteiger partial charge in [0.05, 0.1) is 0 Å². The van der Waals surface area contributed by atoms with Gasteiger partial charge in [-0.2, -0.15) is 0 Å². The molecule has 0 radical (unpaired) electrons. The van der Waals surface area contributed by atoms with Crippen molar-refractivity contribution in [3.63, 3.8) is 0 Å². The first kappa shape index (κ1) is 13.8.